The molecule has 0 aromatic heterocycles. The SMILES string of the molecule is CC[Si](CC)(CC)O[C@@H]([C@@H](C)[C@H](CCCOCc1ccc(OC)cc1)O[Si](C)(C)C(C)(C)C)[C@@H](C)C=O. The third-order valence-corrected chi connectivity index (χ3v) is 17.8. The number of ether oxygens (including phenoxy) is 2. The van der Waals surface area contributed by atoms with Crippen LogP contribution in [0.25, 0.3) is 0 Å². The lowest BCUT2D eigenvalue weighted by molar-refractivity contribution is -0.115. The normalized spacial score (nSPS) is 16.2. The lowest BCUT2D eigenvalue weighted by atomic mass is 9.88. The quantitative estimate of drug-likeness (QED) is 0.104. The van der Waals surface area contributed by atoms with Crippen molar-refractivity contribution in [1.29, 1.82) is 0 Å². The Morgan fingerprint density at radius 3 is 1.97 bits per heavy atom. The zero-order valence-corrected chi connectivity index (χ0v) is 27.7. The Bertz CT molecular complexity index is 763. The molecule has 7 heteroatoms. The van der Waals surface area contributed by atoms with Crippen molar-refractivity contribution >= 4 is 22.9 Å². The van der Waals surface area contributed by atoms with Gasteiger partial charge < -0.3 is 23.1 Å². The molecular formula is C30H56O5Si2. The smallest absolute Gasteiger partial charge is 0.192 e. The molecule has 1 aromatic rings. The summed E-state index contributed by atoms with van der Waals surface area (Å²) >= 11 is 0. The minimum Gasteiger partial charge on any atom is -0.497 e. The van der Waals surface area contributed by atoms with E-state index in [1.165, 1.54) is 0 Å². The van der Waals surface area contributed by atoms with Crippen molar-refractivity contribution in [3.8, 4) is 5.75 Å². The molecule has 0 fully saturated rings. The van der Waals surface area contributed by atoms with Crippen LogP contribution in [0.2, 0.25) is 36.3 Å². The lowest BCUT2D eigenvalue weighted by Gasteiger charge is -2.44. The Hall–Kier alpha value is -0.996. The fraction of sp³-hybridized carbons (Fsp3) is 0.767. The molecule has 0 bridgehead atoms. The van der Waals surface area contributed by atoms with Crippen molar-refractivity contribution in [3.05, 3.63) is 29.8 Å². The van der Waals surface area contributed by atoms with Gasteiger partial charge in [-0.05, 0) is 66.8 Å². The molecule has 214 valence electrons. The Kier molecular flexibility index (Phi) is 14.3. The van der Waals surface area contributed by atoms with Gasteiger partial charge in [0.05, 0.1) is 25.9 Å². The van der Waals surface area contributed by atoms with Crippen molar-refractivity contribution in [2.45, 2.75) is 123 Å². The van der Waals surface area contributed by atoms with Gasteiger partial charge in [-0.2, -0.15) is 0 Å². The molecular weight excluding hydrogens is 496 g/mol. The molecule has 0 radical (unpaired) electrons. The van der Waals surface area contributed by atoms with E-state index in [1.54, 1.807) is 7.11 Å². The van der Waals surface area contributed by atoms with Crippen LogP contribution in [-0.4, -0.2) is 48.8 Å². The summed E-state index contributed by atoms with van der Waals surface area (Å²) in [6, 6.07) is 11.2. The zero-order chi connectivity index (χ0) is 28.3. The van der Waals surface area contributed by atoms with Crippen LogP contribution < -0.4 is 4.74 Å². The molecule has 0 aliphatic heterocycles. The van der Waals surface area contributed by atoms with Gasteiger partial charge in [-0.3, -0.25) is 0 Å². The maximum Gasteiger partial charge on any atom is 0.192 e. The summed E-state index contributed by atoms with van der Waals surface area (Å²) in [5.41, 5.74) is 1.14. The van der Waals surface area contributed by atoms with Crippen LogP contribution in [-0.2, 0) is 25.0 Å². The monoisotopic (exact) mass is 552 g/mol. The summed E-state index contributed by atoms with van der Waals surface area (Å²) in [6.45, 7) is 23.7. The minimum absolute atomic E-state index is 0.0233. The molecule has 0 unspecified atom stereocenters. The summed E-state index contributed by atoms with van der Waals surface area (Å²) in [6.07, 6.45) is 2.76. The first-order chi connectivity index (χ1) is 17.3. The van der Waals surface area contributed by atoms with Gasteiger partial charge in [0.25, 0.3) is 0 Å². The van der Waals surface area contributed by atoms with E-state index in [-0.39, 0.29) is 29.1 Å². The summed E-state index contributed by atoms with van der Waals surface area (Å²) in [4.78, 5) is 12.0. The van der Waals surface area contributed by atoms with E-state index in [1.807, 2.05) is 31.2 Å². The van der Waals surface area contributed by atoms with E-state index >= 15 is 0 Å². The number of carbonyl (C=O) groups excluding carboxylic acids is 1. The third kappa shape index (κ3) is 10.2. The number of rotatable bonds is 18. The molecule has 0 saturated carbocycles. The summed E-state index contributed by atoms with van der Waals surface area (Å²) in [5.74, 6) is 0.807. The fourth-order valence-corrected chi connectivity index (χ4v) is 9.00. The van der Waals surface area contributed by atoms with E-state index < -0.39 is 16.6 Å². The summed E-state index contributed by atoms with van der Waals surface area (Å²) in [5, 5.41) is 0.108. The van der Waals surface area contributed by atoms with Gasteiger partial charge in [0.15, 0.2) is 16.6 Å². The molecule has 0 N–H and O–H groups in total. The molecule has 5 nitrogen and oxygen atoms in total. The highest BCUT2D eigenvalue weighted by Crippen LogP contribution is 2.40. The van der Waals surface area contributed by atoms with E-state index in [0.717, 1.165) is 48.6 Å². The van der Waals surface area contributed by atoms with Gasteiger partial charge in [0, 0.05) is 18.4 Å². The lowest BCUT2D eigenvalue weighted by Crippen LogP contribution is -2.51. The second kappa shape index (κ2) is 15.6. The molecule has 0 aliphatic rings. The van der Waals surface area contributed by atoms with E-state index in [9.17, 15) is 4.79 Å². The van der Waals surface area contributed by atoms with Crippen LogP contribution in [0.4, 0.5) is 0 Å². The molecule has 0 spiro atoms. The van der Waals surface area contributed by atoms with Gasteiger partial charge in [-0.15, -0.1) is 0 Å². The van der Waals surface area contributed by atoms with Crippen molar-refractivity contribution in [3.63, 3.8) is 0 Å². The number of benzene rings is 1. The van der Waals surface area contributed by atoms with Crippen LogP contribution in [0.3, 0.4) is 0 Å². The first kappa shape index (κ1) is 34.0. The highest BCUT2D eigenvalue weighted by atomic mass is 28.4. The second-order valence-electron chi connectivity index (χ2n) is 12.1. The molecule has 0 saturated heterocycles. The van der Waals surface area contributed by atoms with Crippen LogP contribution in [0.1, 0.15) is 73.8 Å². The predicted molar refractivity (Wildman–Crippen MR) is 160 cm³/mol. The maximum absolute atomic E-state index is 12.0. The first-order valence-electron chi connectivity index (χ1n) is 14.3. The van der Waals surface area contributed by atoms with Crippen LogP contribution in [0, 0.1) is 11.8 Å². The maximum atomic E-state index is 12.0. The molecule has 0 heterocycles. The average molecular weight is 553 g/mol. The highest BCUT2D eigenvalue weighted by molar-refractivity contribution is 6.74. The van der Waals surface area contributed by atoms with Crippen molar-refractivity contribution in [2.75, 3.05) is 13.7 Å². The number of aldehydes is 1. The Morgan fingerprint density at radius 1 is 0.946 bits per heavy atom. The van der Waals surface area contributed by atoms with Gasteiger partial charge in [0.1, 0.15) is 12.0 Å². The van der Waals surface area contributed by atoms with E-state index in [2.05, 4.69) is 61.6 Å². The molecule has 4 atom stereocenters. The Morgan fingerprint density at radius 2 is 1.51 bits per heavy atom. The van der Waals surface area contributed by atoms with Crippen LogP contribution >= 0.6 is 0 Å². The molecule has 0 aliphatic carbocycles. The fourth-order valence-electron chi connectivity index (χ4n) is 4.55. The third-order valence-electron chi connectivity index (χ3n) is 8.61. The number of hydrogen-bond acceptors (Lipinski definition) is 5. The molecule has 1 rings (SSSR count). The number of hydrogen-bond donors (Lipinski definition) is 0. The molecule has 37 heavy (non-hydrogen) atoms. The largest absolute Gasteiger partial charge is 0.497 e. The first-order valence-corrected chi connectivity index (χ1v) is 19.7. The molecule has 1 aromatic carbocycles. The topological polar surface area (TPSA) is 54.0 Å². The Balaban J connectivity index is 3.02. The van der Waals surface area contributed by atoms with Gasteiger partial charge in [0.2, 0.25) is 0 Å². The molecule has 0 amide bonds. The van der Waals surface area contributed by atoms with Crippen LogP contribution in [0.15, 0.2) is 24.3 Å². The van der Waals surface area contributed by atoms with Crippen molar-refractivity contribution in [2.24, 2.45) is 11.8 Å². The standard InChI is InChI=1S/C30H56O5Si2/c1-12-37(13-2,14-3)35-29(24(4)22-31)25(5)28(34-36(10,11)30(6,7)8)16-15-21-33-23-26-17-19-27(32-9)20-18-26/h17-20,22,24-25,28-29H,12-16,21,23H2,1-11H3/t24-,25-,28-,29+/m0/s1. The van der Waals surface area contributed by atoms with Crippen LogP contribution in [0.5, 0.6) is 5.75 Å². The summed E-state index contributed by atoms with van der Waals surface area (Å²) < 4.78 is 25.3. The number of methoxy groups -OCH3 is 1. The minimum atomic E-state index is -2.02. The van der Waals surface area contributed by atoms with E-state index in [0.29, 0.717) is 13.2 Å². The highest BCUT2D eigenvalue weighted by Gasteiger charge is 2.43. The van der Waals surface area contributed by atoms with E-state index in [4.69, 9.17) is 18.3 Å². The van der Waals surface area contributed by atoms with Crippen molar-refractivity contribution < 1.29 is 23.1 Å². The predicted octanol–water partition coefficient (Wildman–Crippen LogP) is 8.24. The van der Waals surface area contributed by atoms with Gasteiger partial charge >= 0.3 is 0 Å². The summed E-state index contributed by atoms with van der Waals surface area (Å²) in [7, 11) is -2.23. The zero-order valence-electron chi connectivity index (χ0n) is 25.7. The van der Waals surface area contributed by atoms with Crippen molar-refractivity contribution in [1.82, 2.24) is 0 Å². The van der Waals surface area contributed by atoms with Gasteiger partial charge in [-0.25, -0.2) is 0 Å². The van der Waals surface area contributed by atoms with Gasteiger partial charge in [-0.1, -0.05) is 67.5 Å². The Labute approximate surface area is 230 Å². The average Bonchev–Trinajstić information content (AvgIpc) is 2.87. The number of carbonyl (C=O) groups is 1. The second-order valence-corrected chi connectivity index (χ2v) is 21.6.